The fraction of sp³-hybridized carbons (Fsp3) is 0.486. The van der Waals surface area contributed by atoms with Crippen molar-refractivity contribution in [2.75, 3.05) is 19.0 Å². The maximum atomic E-state index is 14.3. The molecule has 4 heteroatoms. The maximum Gasteiger partial charge on any atom is 0.139 e. The first-order chi connectivity index (χ1) is 19.1. The van der Waals surface area contributed by atoms with Crippen LogP contribution in [0.5, 0.6) is 0 Å². The third kappa shape index (κ3) is 13.9. The van der Waals surface area contributed by atoms with Crippen molar-refractivity contribution in [3.8, 4) is 23.5 Å². The van der Waals surface area contributed by atoms with E-state index in [4.69, 9.17) is 6.42 Å². The molecule has 1 N–H and O–H groups in total. The van der Waals surface area contributed by atoms with Gasteiger partial charge in [-0.2, -0.15) is 0 Å². The Morgan fingerprint density at radius 3 is 2.08 bits per heavy atom. The van der Waals surface area contributed by atoms with E-state index < -0.39 is 0 Å². The van der Waals surface area contributed by atoms with E-state index in [0.717, 1.165) is 43.1 Å². The molecule has 4 rings (SSSR count). The summed E-state index contributed by atoms with van der Waals surface area (Å²) in [6.45, 7) is 23.4. The third-order valence-corrected chi connectivity index (χ3v) is 5.86. The number of rotatable bonds is 4. The standard InChI is InChI=1S/C23H21FN2S.2C3H8.3C2H6/c1-2-17-9-10-18(13-21(17)24)20-8-6-7-19(15-26-11-4-3-5-12-26)23(20)22-14-25-16-27-22;2*1-3-2;3*1-2/h1,3-4,6-10,13-14,25H,5,11-12,15-16H2;2*3H2,1-2H3;3*1-2H3. The first kappa shape index (κ1) is 38.7. The van der Waals surface area contributed by atoms with Gasteiger partial charge in [0.25, 0.3) is 0 Å². The van der Waals surface area contributed by atoms with Crippen LogP contribution in [0, 0.1) is 18.2 Å². The second-order valence-electron chi connectivity index (χ2n) is 8.09. The molecule has 0 atom stereocenters. The Bertz CT molecular complexity index is 987. The number of hydrogen-bond acceptors (Lipinski definition) is 3. The predicted molar refractivity (Wildman–Crippen MR) is 178 cm³/mol. The Hall–Kier alpha value is -2.48. The Balaban J connectivity index is 0. The number of terminal acetylenes is 1. The highest BCUT2D eigenvalue weighted by Crippen LogP contribution is 2.39. The lowest BCUT2D eigenvalue weighted by Crippen LogP contribution is -2.27. The quantitative estimate of drug-likeness (QED) is 0.299. The Labute approximate surface area is 245 Å². The van der Waals surface area contributed by atoms with E-state index in [2.05, 4.69) is 80.4 Å². The van der Waals surface area contributed by atoms with Crippen molar-refractivity contribution in [1.82, 2.24) is 10.2 Å². The van der Waals surface area contributed by atoms with Crippen molar-refractivity contribution in [3.05, 3.63) is 77.3 Å². The molecule has 2 aliphatic rings. The summed E-state index contributed by atoms with van der Waals surface area (Å²) in [6.07, 6.45) is 15.5. The monoisotopic (exact) mass is 554 g/mol. The summed E-state index contributed by atoms with van der Waals surface area (Å²) in [5, 5.41) is 3.29. The average molecular weight is 555 g/mol. The second-order valence-corrected chi connectivity index (χ2v) is 9.11. The minimum atomic E-state index is -0.348. The first-order valence-corrected chi connectivity index (χ1v) is 15.9. The van der Waals surface area contributed by atoms with Crippen LogP contribution in [-0.2, 0) is 6.54 Å². The topological polar surface area (TPSA) is 15.3 Å². The molecule has 0 unspecified atom stereocenters. The van der Waals surface area contributed by atoms with Gasteiger partial charge in [0.2, 0.25) is 0 Å². The molecule has 2 heterocycles. The minimum Gasteiger partial charge on any atom is -0.381 e. The van der Waals surface area contributed by atoms with E-state index >= 15 is 0 Å². The van der Waals surface area contributed by atoms with Crippen LogP contribution in [-0.4, -0.2) is 23.9 Å². The molecular weight excluding hydrogens is 499 g/mol. The van der Waals surface area contributed by atoms with Gasteiger partial charge in [0.15, 0.2) is 0 Å². The SMILES string of the molecule is C#Cc1ccc(-c2cccc(CN3CC=CCC3)c2C2=CNCS2)cc1F.CC.CC.CC.CCC.CCC. The van der Waals surface area contributed by atoms with Crippen molar-refractivity contribution in [3.63, 3.8) is 0 Å². The van der Waals surface area contributed by atoms with Gasteiger partial charge in [-0.15, -0.1) is 18.2 Å². The summed E-state index contributed by atoms with van der Waals surface area (Å²) >= 11 is 1.78. The van der Waals surface area contributed by atoms with Crippen molar-refractivity contribution >= 4 is 16.7 Å². The van der Waals surface area contributed by atoms with Crippen LogP contribution in [0.3, 0.4) is 0 Å². The van der Waals surface area contributed by atoms with Crippen LogP contribution >= 0.6 is 11.8 Å². The first-order valence-electron chi connectivity index (χ1n) is 14.9. The summed E-state index contributed by atoms with van der Waals surface area (Å²) in [5.41, 5.74) is 4.66. The van der Waals surface area contributed by atoms with Crippen molar-refractivity contribution < 1.29 is 4.39 Å². The summed E-state index contributed by atoms with van der Waals surface area (Å²) < 4.78 is 14.3. The zero-order chi connectivity index (χ0) is 30.1. The molecule has 0 amide bonds. The predicted octanol–water partition coefficient (Wildman–Crippen LogP) is 10.7. The zero-order valence-electron chi connectivity index (χ0n) is 26.5. The van der Waals surface area contributed by atoms with Gasteiger partial charge in [0.05, 0.1) is 11.4 Å². The van der Waals surface area contributed by atoms with Crippen LogP contribution in [0.15, 0.2) is 54.8 Å². The van der Waals surface area contributed by atoms with E-state index in [1.807, 2.05) is 47.6 Å². The van der Waals surface area contributed by atoms with Gasteiger partial charge in [-0.1, -0.05) is 124 Å². The summed E-state index contributed by atoms with van der Waals surface area (Å²) in [4.78, 5) is 3.65. The van der Waals surface area contributed by atoms with Crippen LogP contribution in [0.4, 0.5) is 4.39 Å². The molecule has 2 nitrogen and oxygen atoms in total. The molecule has 2 aromatic carbocycles. The van der Waals surface area contributed by atoms with Gasteiger partial charge in [-0.05, 0) is 35.2 Å². The molecule has 0 spiro atoms. The lowest BCUT2D eigenvalue weighted by atomic mass is 9.93. The smallest absolute Gasteiger partial charge is 0.139 e. The Morgan fingerprint density at radius 1 is 0.949 bits per heavy atom. The van der Waals surface area contributed by atoms with Crippen molar-refractivity contribution in [1.29, 1.82) is 0 Å². The molecule has 0 aliphatic carbocycles. The molecule has 0 saturated heterocycles. The number of nitrogens with one attached hydrogen (secondary N) is 1. The van der Waals surface area contributed by atoms with Crippen molar-refractivity contribution in [2.24, 2.45) is 0 Å². The van der Waals surface area contributed by atoms with Gasteiger partial charge in [0.1, 0.15) is 5.82 Å². The summed E-state index contributed by atoms with van der Waals surface area (Å²) in [6, 6.07) is 11.5. The fourth-order valence-corrected chi connectivity index (χ4v) is 4.45. The summed E-state index contributed by atoms with van der Waals surface area (Å²) in [5.74, 6) is 2.91. The van der Waals surface area contributed by atoms with Gasteiger partial charge in [-0.25, -0.2) is 4.39 Å². The molecule has 218 valence electrons. The van der Waals surface area contributed by atoms with Crippen LogP contribution < -0.4 is 5.32 Å². The highest BCUT2D eigenvalue weighted by Gasteiger charge is 2.20. The molecule has 0 fully saturated rings. The fourth-order valence-electron chi connectivity index (χ4n) is 3.58. The highest BCUT2D eigenvalue weighted by atomic mass is 32.2. The molecule has 2 aromatic rings. The number of thioether (sulfide) groups is 1. The van der Waals surface area contributed by atoms with Gasteiger partial charge >= 0.3 is 0 Å². The second kappa shape index (κ2) is 25.8. The van der Waals surface area contributed by atoms with Crippen molar-refractivity contribution in [2.45, 2.75) is 95.0 Å². The molecule has 2 aliphatic heterocycles. The molecule has 39 heavy (non-hydrogen) atoms. The van der Waals surface area contributed by atoms with E-state index in [9.17, 15) is 4.39 Å². The van der Waals surface area contributed by atoms with Crippen LogP contribution in [0.1, 0.15) is 105 Å². The number of hydrogen-bond donors (Lipinski definition) is 1. The van der Waals surface area contributed by atoms with E-state index in [1.165, 1.54) is 28.9 Å². The molecule has 0 radical (unpaired) electrons. The lowest BCUT2D eigenvalue weighted by Gasteiger charge is -2.25. The van der Waals surface area contributed by atoms with Gasteiger partial charge in [-0.3, -0.25) is 4.90 Å². The number of halogens is 1. The Morgan fingerprint density at radius 2 is 1.59 bits per heavy atom. The normalized spacial score (nSPS) is 12.9. The zero-order valence-corrected chi connectivity index (χ0v) is 27.3. The van der Waals surface area contributed by atoms with Crippen LogP contribution in [0.25, 0.3) is 16.0 Å². The average Bonchev–Trinajstić information content (AvgIpc) is 3.52. The number of benzene rings is 2. The number of nitrogens with zero attached hydrogens (tertiary/aromatic N) is 1. The van der Waals surface area contributed by atoms with E-state index in [0.29, 0.717) is 5.56 Å². The third-order valence-electron chi connectivity index (χ3n) is 4.91. The molecule has 0 aromatic heterocycles. The summed E-state index contributed by atoms with van der Waals surface area (Å²) in [7, 11) is 0. The lowest BCUT2D eigenvalue weighted by molar-refractivity contribution is 0.290. The van der Waals surface area contributed by atoms with E-state index in [-0.39, 0.29) is 5.82 Å². The van der Waals surface area contributed by atoms with Gasteiger partial charge < -0.3 is 5.32 Å². The van der Waals surface area contributed by atoms with Gasteiger partial charge in [0, 0.05) is 36.3 Å². The maximum absolute atomic E-state index is 14.3. The molecular formula is C35H55FN2S. The van der Waals surface area contributed by atoms with E-state index in [1.54, 1.807) is 23.9 Å². The molecule has 0 bridgehead atoms. The van der Waals surface area contributed by atoms with Crippen LogP contribution in [0.2, 0.25) is 0 Å². The molecule has 0 saturated carbocycles. The highest BCUT2D eigenvalue weighted by molar-refractivity contribution is 8.08. The Kier molecular flexibility index (Phi) is 25.6. The largest absolute Gasteiger partial charge is 0.381 e. The minimum absolute atomic E-state index is 0.299.